The van der Waals surface area contributed by atoms with Crippen LogP contribution >= 0.6 is 0 Å². The summed E-state index contributed by atoms with van der Waals surface area (Å²) in [4.78, 5) is 5.45. The minimum atomic E-state index is 0.639. The van der Waals surface area contributed by atoms with Crippen molar-refractivity contribution in [3.05, 3.63) is 12.4 Å². The molecule has 0 aromatic carbocycles. The smallest absolute Gasteiger partial charge is 0.101 e. The third kappa shape index (κ3) is 27.0. The van der Waals surface area contributed by atoms with Crippen LogP contribution in [-0.2, 0) is 0 Å². The van der Waals surface area contributed by atoms with Crippen LogP contribution in [-0.4, -0.2) is 29.1 Å². The summed E-state index contributed by atoms with van der Waals surface area (Å²) in [7, 11) is 0. The molecule has 0 bridgehead atoms. The van der Waals surface area contributed by atoms with Gasteiger partial charge in [0.15, 0.2) is 0 Å². The summed E-state index contributed by atoms with van der Waals surface area (Å²) in [5.41, 5.74) is 0. The average Bonchev–Trinajstić information content (AvgIpc) is 3.43. The maximum Gasteiger partial charge on any atom is 0.101 e. The molecule has 1 aliphatic heterocycles. The quantitative estimate of drug-likeness (QED) is 0.0630. The Balaban J connectivity index is 2.17. The Kier molecular flexibility index (Phi) is 32.6. The first-order chi connectivity index (χ1) is 22.3. The SMILES string of the molecule is CCCCCCCCCCCCCCCCCN1C=CN(CCCCCCCCCCCCC)C1CCCCCCCCCC. The van der Waals surface area contributed by atoms with Crippen molar-refractivity contribution in [1.29, 1.82) is 0 Å². The van der Waals surface area contributed by atoms with Crippen LogP contribution in [0.4, 0.5) is 0 Å². The summed E-state index contributed by atoms with van der Waals surface area (Å²) in [6.45, 7) is 9.49. The molecular weight excluding hydrogens is 544 g/mol. The third-order valence-electron chi connectivity index (χ3n) is 10.6. The van der Waals surface area contributed by atoms with Gasteiger partial charge in [0.25, 0.3) is 0 Å². The highest BCUT2D eigenvalue weighted by atomic mass is 15.4. The van der Waals surface area contributed by atoms with E-state index in [1.807, 2.05) is 0 Å². The molecule has 1 unspecified atom stereocenters. The summed E-state index contributed by atoms with van der Waals surface area (Å²) >= 11 is 0. The van der Waals surface area contributed by atoms with Crippen LogP contribution < -0.4 is 0 Å². The van der Waals surface area contributed by atoms with Crippen molar-refractivity contribution in [2.24, 2.45) is 0 Å². The van der Waals surface area contributed by atoms with E-state index in [1.165, 1.54) is 238 Å². The number of unbranched alkanes of at least 4 members (excludes halogenated alkanes) is 31. The lowest BCUT2D eigenvalue weighted by Crippen LogP contribution is -2.39. The molecule has 1 aliphatic rings. The molecule has 2 heteroatoms. The van der Waals surface area contributed by atoms with Gasteiger partial charge >= 0.3 is 0 Å². The van der Waals surface area contributed by atoms with Gasteiger partial charge in [-0.25, -0.2) is 0 Å². The molecule has 1 heterocycles. The Hall–Kier alpha value is -0.660. The molecule has 0 aromatic rings. The number of nitrogens with zero attached hydrogens (tertiary/aromatic N) is 2. The van der Waals surface area contributed by atoms with Crippen LogP contribution in [0.2, 0.25) is 0 Å². The van der Waals surface area contributed by atoms with E-state index in [9.17, 15) is 0 Å². The highest BCUT2D eigenvalue weighted by Crippen LogP contribution is 2.24. The minimum Gasteiger partial charge on any atom is -0.356 e. The fourth-order valence-electron chi connectivity index (χ4n) is 7.42. The summed E-state index contributed by atoms with van der Waals surface area (Å²) in [6.07, 6.45) is 55.9. The molecule has 0 N–H and O–H groups in total. The summed E-state index contributed by atoms with van der Waals surface area (Å²) < 4.78 is 0. The fraction of sp³-hybridized carbons (Fsp3) is 0.953. The van der Waals surface area contributed by atoms with Crippen molar-refractivity contribution >= 4 is 0 Å². The van der Waals surface area contributed by atoms with Gasteiger partial charge in [-0.2, -0.15) is 0 Å². The van der Waals surface area contributed by atoms with E-state index in [0.29, 0.717) is 6.17 Å². The highest BCUT2D eigenvalue weighted by Gasteiger charge is 2.24. The second-order valence-electron chi connectivity index (χ2n) is 15.0. The van der Waals surface area contributed by atoms with E-state index in [0.717, 1.165) is 0 Å². The monoisotopic (exact) mass is 631 g/mol. The molecule has 0 amide bonds. The molecule has 268 valence electrons. The Morgan fingerprint density at radius 1 is 0.289 bits per heavy atom. The Labute approximate surface area is 286 Å². The molecule has 0 fully saturated rings. The Bertz CT molecular complexity index is 586. The molecule has 45 heavy (non-hydrogen) atoms. The number of rotatable bonds is 37. The van der Waals surface area contributed by atoms with Gasteiger partial charge in [0.05, 0.1) is 0 Å². The average molecular weight is 631 g/mol. The lowest BCUT2D eigenvalue weighted by Gasteiger charge is -2.33. The molecule has 1 atom stereocenters. The molecule has 2 nitrogen and oxygen atoms in total. The number of hydrogen-bond donors (Lipinski definition) is 0. The summed E-state index contributed by atoms with van der Waals surface area (Å²) in [5, 5.41) is 0. The van der Waals surface area contributed by atoms with Gasteiger partial charge in [-0.1, -0.05) is 220 Å². The van der Waals surface area contributed by atoms with Crippen molar-refractivity contribution in [2.45, 2.75) is 252 Å². The van der Waals surface area contributed by atoms with Crippen molar-refractivity contribution in [3.63, 3.8) is 0 Å². The minimum absolute atomic E-state index is 0.639. The molecule has 0 aliphatic carbocycles. The van der Waals surface area contributed by atoms with E-state index >= 15 is 0 Å². The highest BCUT2D eigenvalue weighted by molar-refractivity contribution is 4.97. The molecule has 1 rings (SSSR count). The normalized spacial score (nSPS) is 14.8. The van der Waals surface area contributed by atoms with Crippen LogP contribution in [0, 0.1) is 0 Å². The molecule has 0 spiro atoms. The maximum absolute atomic E-state index is 2.72. The van der Waals surface area contributed by atoms with E-state index in [2.05, 4.69) is 43.0 Å². The number of hydrogen-bond acceptors (Lipinski definition) is 2. The van der Waals surface area contributed by atoms with Crippen LogP contribution in [0.5, 0.6) is 0 Å². The maximum atomic E-state index is 2.72. The van der Waals surface area contributed by atoms with Gasteiger partial charge in [0.2, 0.25) is 0 Å². The van der Waals surface area contributed by atoms with Gasteiger partial charge in [-0.05, 0) is 25.7 Å². The molecule has 0 saturated carbocycles. The van der Waals surface area contributed by atoms with E-state index < -0.39 is 0 Å². The van der Waals surface area contributed by atoms with Gasteiger partial charge in [-0.15, -0.1) is 0 Å². The first-order valence-corrected chi connectivity index (χ1v) is 21.5. The molecular formula is C43H86N2. The van der Waals surface area contributed by atoms with Crippen LogP contribution in [0.1, 0.15) is 245 Å². The zero-order valence-corrected chi connectivity index (χ0v) is 31.8. The fourth-order valence-corrected chi connectivity index (χ4v) is 7.42. The van der Waals surface area contributed by atoms with Gasteiger partial charge in [0, 0.05) is 25.5 Å². The van der Waals surface area contributed by atoms with Crippen molar-refractivity contribution in [2.75, 3.05) is 13.1 Å². The van der Waals surface area contributed by atoms with Crippen LogP contribution in [0.3, 0.4) is 0 Å². The first kappa shape index (κ1) is 42.4. The predicted molar refractivity (Wildman–Crippen MR) is 205 cm³/mol. The first-order valence-electron chi connectivity index (χ1n) is 21.5. The third-order valence-corrected chi connectivity index (χ3v) is 10.6. The van der Waals surface area contributed by atoms with Crippen molar-refractivity contribution in [1.82, 2.24) is 9.80 Å². The van der Waals surface area contributed by atoms with Crippen LogP contribution in [0.15, 0.2) is 12.4 Å². The Morgan fingerprint density at radius 3 is 0.778 bits per heavy atom. The van der Waals surface area contributed by atoms with Gasteiger partial charge in [0.1, 0.15) is 6.17 Å². The summed E-state index contributed by atoms with van der Waals surface area (Å²) in [5.74, 6) is 0. The topological polar surface area (TPSA) is 6.48 Å². The zero-order valence-electron chi connectivity index (χ0n) is 31.8. The zero-order chi connectivity index (χ0) is 32.3. The van der Waals surface area contributed by atoms with Gasteiger partial charge < -0.3 is 9.80 Å². The van der Waals surface area contributed by atoms with Gasteiger partial charge in [-0.3, -0.25) is 0 Å². The Morgan fingerprint density at radius 2 is 0.511 bits per heavy atom. The predicted octanol–water partition coefficient (Wildman–Crippen LogP) is 15.1. The second-order valence-corrected chi connectivity index (χ2v) is 15.0. The van der Waals surface area contributed by atoms with Crippen LogP contribution in [0.25, 0.3) is 0 Å². The molecule has 0 saturated heterocycles. The van der Waals surface area contributed by atoms with Crippen molar-refractivity contribution in [3.8, 4) is 0 Å². The molecule has 0 aromatic heterocycles. The standard InChI is InChI=1S/C43H86N2/c1-4-7-10-13-16-19-21-22-23-24-26-28-31-34-37-40-45-42-41-44(43(45)38-35-32-29-18-15-12-9-6-3)39-36-33-30-27-25-20-17-14-11-8-5-2/h41-43H,4-40H2,1-3H3. The largest absolute Gasteiger partial charge is 0.356 e. The van der Waals surface area contributed by atoms with E-state index in [4.69, 9.17) is 0 Å². The lowest BCUT2D eigenvalue weighted by molar-refractivity contribution is 0.135. The summed E-state index contributed by atoms with van der Waals surface area (Å²) in [6, 6.07) is 0. The van der Waals surface area contributed by atoms with Crippen molar-refractivity contribution < 1.29 is 0 Å². The second kappa shape index (κ2) is 34.7. The van der Waals surface area contributed by atoms with E-state index in [1.54, 1.807) is 0 Å². The van der Waals surface area contributed by atoms with E-state index in [-0.39, 0.29) is 0 Å². The lowest BCUT2D eigenvalue weighted by atomic mass is 10.0. The molecule has 0 radical (unpaired) electrons.